The number of hydrogen-bond acceptors (Lipinski definition) is 7. The minimum absolute atomic E-state index is 0.0324. The molecule has 2 N–H and O–H groups in total. The summed E-state index contributed by atoms with van der Waals surface area (Å²) < 4.78 is 11.0. The zero-order chi connectivity index (χ0) is 33.9. The summed E-state index contributed by atoms with van der Waals surface area (Å²) in [6, 6.07) is 0. The summed E-state index contributed by atoms with van der Waals surface area (Å²) >= 11 is 0. The third-order valence-electron chi connectivity index (χ3n) is 16.2. The zero-order valence-corrected chi connectivity index (χ0v) is 29.4. The van der Waals surface area contributed by atoms with Crippen LogP contribution in [0.5, 0.6) is 0 Å². The topological polar surface area (TPSA) is 110 Å². The van der Waals surface area contributed by atoms with Gasteiger partial charge in [0, 0.05) is 34.5 Å². The molecule has 5 fully saturated rings. The molecule has 1 heterocycles. The predicted octanol–water partition coefficient (Wildman–Crippen LogP) is 7.51. The molecule has 0 bridgehead atoms. The first kappa shape index (κ1) is 32.7. The van der Waals surface area contributed by atoms with Crippen molar-refractivity contribution in [2.75, 3.05) is 13.2 Å². The number of cyclic esters (lactones) is 1. The summed E-state index contributed by atoms with van der Waals surface area (Å²) in [6.45, 7) is 9.41. The number of carbonyl (C=O) groups excluding carboxylic acids is 3. The highest BCUT2D eigenvalue weighted by Crippen LogP contribution is 2.68. The van der Waals surface area contributed by atoms with Gasteiger partial charge in [0.25, 0.3) is 0 Å². The second-order valence-electron chi connectivity index (χ2n) is 17.9. The van der Waals surface area contributed by atoms with Gasteiger partial charge < -0.3 is 19.7 Å². The SMILES string of the molecule is C[C@]12CCC(=O)C=C1CCC1C2=CC[C@@]2(C)C1CCC21COC(=O)O1.C[C@]12CCC(=O)C=C1CCC1C2=CC[C@@]2(C)C1CC[C@@]2(O)CO. The Morgan fingerprint density at radius 1 is 0.708 bits per heavy atom. The van der Waals surface area contributed by atoms with Crippen LogP contribution in [0.4, 0.5) is 4.79 Å². The number of rotatable bonds is 1. The Morgan fingerprint density at radius 2 is 1.23 bits per heavy atom. The molecule has 9 aliphatic rings. The number of carbonyl (C=O) groups is 3. The van der Waals surface area contributed by atoms with Crippen LogP contribution in [0.3, 0.4) is 0 Å². The maximum absolute atomic E-state index is 11.9. The standard InChI is InChI=1S/C21H26O4.C20H28O3/c1-19-8-5-14(22)11-13(19)3-4-15-16(19)6-9-20(2)17(15)7-10-21(20)12-24-18(23)25-21;1-18-8-5-14(22)11-13(18)3-4-15-16(18)6-9-19(2)17(15)7-10-20(19,23)12-21/h6,11,15,17H,3-5,7-10,12H2,1-2H3;6,11,15,17,21,23H,3-5,7-10,12H2,1-2H3/t15?,17?,19-,20-,21?;15?,17?,18-,19-,20+/m00/s1. The summed E-state index contributed by atoms with van der Waals surface area (Å²) in [7, 11) is 0. The molecular weight excluding hydrogens is 604 g/mol. The highest BCUT2D eigenvalue weighted by Gasteiger charge is 2.67. The van der Waals surface area contributed by atoms with Crippen molar-refractivity contribution in [1.29, 1.82) is 0 Å². The molecule has 7 nitrogen and oxygen atoms in total. The molecule has 5 unspecified atom stereocenters. The Balaban J connectivity index is 0.000000141. The second-order valence-corrected chi connectivity index (χ2v) is 17.9. The molecule has 260 valence electrons. The van der Waals surface area contributed by atoms with Crippen molar-refractivity contribution in [3.8, 4) is 0 Å². The van der Waals surface area contributed by atoms with E-state index in [0.717, 1.165) is 70.6 Å². The maximum Gasteiger partial charge on any atom is 0.509 e. The Hall–Kier alpha value is -2.51. The van der Waals surface area contributed by atoms with Crippen LogP contribution in [-0.2, 0) is 19.1 Å². The number of aliphatic hydroxyl groups excluding tert-OH is 1. The van der Waals surface area contributed by atoms with Crippen molar-refractivity contribution in [2.45, 2.75) is 129 Å². The van der Waals surface area contributed by atoms with Crippen molar-refractivity contribution >= 4 is 17.7 Å². The fourth-order valence-electron chi connectivity index (χ4n) is 13.0. The van der Waals surface area contributed by atoms with Crippen LogP contribution in [-0.4, -0.2) is 52.4 Å². The zero-order valence-electron chi connectivity index (χ0n) is 29.4. The average molecular weight is 659 g/mol. The molecule has 0 amide bonds. The van der Waals surface area contributed by atoms with Crippen LogP contribution in [0.15, 0.2) is 46.6 Å². The number of ketones is 2. The van der Waals surface area contributed by atoms with Gasteiger partial charge in [-0.3, -0.25) is 9.59 Å². The minimum Gasteiger partial charge on any atom is -0.430 e. The molecule has 8 aliphatic carbocycles. The predicted molar refractivity (Wildman–Crippen MR) is 181 cm³/mol. The minimum atomic E-state index is -0.931. The van der Waals surface area contributed by atoms with Gasteiger partial charge in [0.05, 0.1) is 12.2 Å². The van der Waals surface area contributed by atoms with Crippen LogP contribution >= 0.6 is 0 Å². The monoisotopic (exact) mass is 658 g/mol. The molecule has 1 saturated heterocycles. The Morgan fingerprint density at radius 3 is 1.75 bits per heavy atom. The number of aliphatic hydroxyl groups is 2. The second kappa shape index (κ2) is 10.7. The largest absolute Gasteiger partial charge is 0.509 e. The molecule has 1 spiro atoms. The van der Waals surface area contributed by atoms with E-state index in [1.165, 1.54) is 16.7 Å². The van der Waals surface area contributed by atoms with Gasteiger partial charge in [-0.25, -0.2) is 4.79 Å². The van der Waals surface area contributed by atoms with Crippen LogP contribution in [0.2, 0.25) is 0 Å². The van der Waals surface area contributed by atoms with Gasteiger partial charge in [-0.2, -0.15) is 0 Å². The number of fused-ring (bicyclic) bond motifs is 11. The van der Waals surface area contributed by atoms with E-state index in [-0.39, 0.29) is 34.1 Å². The summed E-state index contributed by atoms with van der Waals surface area (Å²) in [5.74, 6) is 2.63. The Bertz CT molecular complexity index is 1580. The van der Waals surface area contributed by atoms with Crippen molar-refractivity contribution in [2.24, 2.45) is 45.3 Å². The lowest BCUT2D eigenvalue weighted by atomic mass is 9.51. The van der Waals surface area contributed by atoms with E-state index in [2.05, 4.69) is 39.8 Å². The van der Waals surface area contributed by atoms with Crippen LogP contribution < -0.4 is 0 Å². The van der Waals surface area contributed by atoms with Crippen molar-refractivity contribution < 1.29 is 34.1 Å². The molecule has 0 aromatic rings. The van der Waals surface area contributed by atoms with Crippen molar-refractivity contribution in [3.63, 3.8) is 0 Å². The van der Waals surface area contributed by atoms with Gasteiger partial charge in [0.15, 0.2) is 17.2 Å². The van der Waals surface area contributed by atoms with Crippen molar-refractivity contribution in [1.82, 2.24) is 0 Å². The van der Waals surface area contributed by atoms with Gasteiger partial charge in [0.2, 0.25) is 0 Å². The first-order chi connectivity index (χ1) is 22.7. The number of hydrogen-bond donors (Lipinski definition) is 2. The van der Waals surface area contributed by atoms with Crippen LogP contribution in [0.25, 0.3) is 0 Å². The molecule has 48 heavy (non-hydrogen) atoms. The first-order valence-electron chi connectivity index (χ1n) is 18.8. The van der Waals surface area contributed by atoms with E-state index in [1.807, 2.05) is 12.2 Å². The lowest BCUT2D eigenvalue weighted by Crippen LogP contribution is -2.52. The maximum atomic E-state index is 11.9. The quantitative estimate of drug-likeness (QED) is 0.222. The summed E-state index contributed by atoms with van der Waals surface area (Å²) in [5, 5.41) is 20.7. The van der Waals surface area contributed by atoms with Gasteiger partial charge in [0.1, 0.15) is 6.61 Å². The van der Waals surface area contributed by atoms with Gasteiger partial charge in [-0.1, -0.05) is 62.1 Å². The lowest BCUT2D eigenvalue weighted by Gasteiger charge is -2.54. The first-order valence-corrected chi connectivity index (χ1v) is 18.8. The average Bonchev–Trinajstić information content (AvgIpc) is 3.68. The fraction of sp³-hybridized carbons (Fsp3) is 0.732. The van der Waals surface area contributed by atoms with Gasteiger partial charge in [-0.15, -0.1) is 0 Å². The van der Waals surface area contributed by atoms with E-state index in [4.69, 9.17) is 9.47 Å². The lowest BCUT2D eigenvalue weighted by molar-refractivity contribution is -0.117. The molecule has 0 aromatic carbocycles. The third-order valence-corrected chi connectivity index (χ3v) is 16.2. The van der Waals surface area contributed by atoms with Crippen LogP contribution in [0, 0.1) is 45.3 Å². The number of allylic oxidation sites excluding steroid dienone is 8. The van der Waals surface area contributed by atoms with E-state index in [9.17, 15) is 24.6 Å². The normalized spacial score (nSPS) is 48.5. The molecule has 1 aliphatic heterocycles. The van der Waals surface area contributed by atoms with Gasteiger partial charge in [-0.05, 0) is 113 Å². The summed E-state index contributed by atoms with van der Waals surface area (Å²) in [5.41, 5.74) is 4.26. The van der Waals surface area contributed by atoms with Crippen molar-refractivity contribution in [3.05, 3.63) is 46.6 Å². The van der Waals surface area contributed by atoms with E-state index in [1.54, 1.807) is 5.57 Å². The Labute approximate surface area is 285 Å². The summed E-state index contributed by atoms with van der Waals surface area (Å²) in [6.07, 6.45) is 21.1. The molecule has 9 rings (SSSR count). The molecule has 0 aromatic heterocycles. The van der Waals surface area contributed by atoms with Crippen LogP contribution in [0.1, 0.15) is 118 Å². The van der Waals surface area contributed by atoms with E-state index < -0.39 is 17.4 Å². The molecular formula is C41H54O7. The number of ether oxygens (including phenoxy) is 2. The Kier molecular flexibility index (Phi) is 7.32. The molecule has 7 heteroatoms. The molecule has 10 atom stereocenters. The highest BCUT2D eigenvalue weighted by atomic mass is 16.8. The van der Waals surface area contributed by atoms with E-state index >= 15 is 0 Å². The molecule has 4 saturated carbocycles. The highest BCUT2D eigenvalue weighted by molar-refractivity contribution is 5.92. The third kappa shape index (κ3) is 4.28. The van der Waals surface area contributed by atoms with Gasteiger partial charge >= 0.3 is 6.16 Å². The molecule has 0 radical (unpaired) electrons. The fourth-order valence-corrected chi connectivity index (χ4v) is 13.0. The van der Waals surface area contributed by atoms with E-state index in [0.29, 0.717) is 55.3 Å². The summed E-state index contributed by atoms with van der Waals surface area (Å²) in [4.78, 5) is 35.4. The smallest absolute Gasteiger partial charge is 0.430 e.